The van der Waals surface area contributed by atoms with Crippen LogP contribution in [0.5, 0.6) is 0 Å². The van der Waals surface area contributed by atoms with Crippen molar-refractivity contribution in [2.45, 2.75) is 52.1 Å². The van der Waals surface area contributed by atoms with Gasteiger partial charge in [-0.05, 0) is 49.4 Å². The molecule has 1 saturated carbocycles. The number of nitrogens with one attached hydrogen (secondary N) is 1. The summed E-state index contributed by atoms with van der Waals surface area (Å²) in [5, 5.41) is 3.59. The van der Waals surface area contributed by atoms with Gasteiger partial charge in [0.2, 0.25) is 0 Å². The van der Waals surface area contributed by atoms with E-state index in [0.29, 0.717) is 24.1 Å². The molecule has 1 aliphatic rings. The van der Waals surface area contributed by atoms with Crippen LogP contribution < -0.4 is 11.1 Å². The summed E-state index contributed by atoms with van der Waals surface area (Å²) in [6.07, 6.45) is 4.84. The molecule has 1 aliphatic carbocycles. The van der Waals surface area contributed by atoms with Crippen LogP contribution in [0.1, 0.15) is 51.1 Å². The third-order valence-electron chi connectivity index (χ3n) is 4.54. The Morgan fingerprint density at radius 2 is 2.19 bits per heavy atom. The molecule has 0 amide bonds. The second-order valence-corrected chi connectivity index (χ2v) is 5.97. The van der Waals surface area contributed by atoms with Crippen LogP contribution in [-0.4, -0.2) is 11.1 Å². The van der Waals surface area contributed by atoms with Gasteiger partial charge in [-0.15, -0.1) is 0 Å². The molecule has 1 aromatic carbocycles. The third-order valence-corrected chi connectivity index (χ3v) is 4.54. The van der Waals surface area contributed by atoms with Gasteiger partial charge in [-0.25, -0.2) is 4.79 Å². The van der Waals surface area contributed by atoms with Crippen molar-refractivity contribution >= 4 is 11.1 Å². The number of aromatic nitrogens is 1. The summed E-state index contributed by atoms with van der Waals surface area (Å²) in [6, 6.07) is 6.62. The largest absolute Gasteiger partial charge is 0.419 e. The number of rotatable bonds is 6. The highest BCUT2D eigenvalue weighted by Gasteiger charge is 2.28. The second kappa shape index (κ2) is 6.06. The van der Waals surface area contributed by atoms with Gasteiger partial charge >= 0.3 is 5.76 Å². The number of benzene rings is 1. The molecule has 0 radical (unpaired) electrons. The third kappa shape index (κ3) is 2.64. The summed E-state index contributed by atoms with van der Waals surface area (Å²) in [5.41, 5.74) is 2.87. The van der Waals surface area contributed by atoms with Crippen molar-refractivity contribution in [3.8, 4) is 0 Å². The molecule has 1 unspecified atom stereocenters. The number of hydrogen-bond acceptors (Lipinski definition) is 3. The molecule has 1 heterocycles. The van der Waals surface area contributed by atoms with Crippen molar-refractivity contribution in [2.75, 3.05) is 6.54 Å². The van der Waals surface area contributed by atoms with Crippen molar-refractivity contribution in [1.29, 1.82) is 0 Å². The molecule has 3 rings (SSSR count). The van der Waals surface area contributed by atoms with Gasteiger partial charge in [0.1, 0.15) is 0 Å². The van der Waals surface area contributed by atoms with Crippen LogP contribution in [0.3, 0.4) is 0 Å². The number of aryl methyl sites for hydroxylation is 1. The summed E-state index contributed by atoms with van der Waals surface area (Å²) in [7, 11) is 0. The van der Waals surface area contributed by atoms with Crippen molar-refractivity contribution in [2.24, 2.45) is 5.92 Å². The molecule has 21 heavy (non-hydrogen) atoms. The minimum Gasteiger partial charge on any atom is -0.408 e. The lowest BCUT2D eigenvalue weighted by Crippen LogP contribution is -2.32. The molecule has 4 nitrogen and oxygen atoms in total. The Bertz CT molecular complexity index is 667. The molecule has 0 spiro atoms. The van der Waals surface area contributed by atoms with Gasteiger partial charge in [-0.3, -0.25) is 4.57 Å². The lowest BCUT2D eigenvalue weighted by atomic mass is 9.77. The van der Waals surface area contributed by atoms with E-state index in [1.54, 1.807) is 4.57 Å². The zero-order valence-corrected chi connectivity index (χ0v) is 12.9. The quantitative estimate of drug-likeness (QED) is 0.885. The zero-order valence-electron chi connectivity index (χ0n) is 12.9. The van der Waals surface area contributed by atoms with Gasteiger partial charge in [0.15, 0.2) is 5.58 Å². The number of oxazole rings is 1. The molecule has 2 aromatic rings. The van der Waals surface area contributed by atoms with E-state index in [9.17, 15) is 4.79 Å². The Kier molecular flexibility index (Phi) is 4.15. The van der Waals surface area contributed by atoms with Gasteiger partial charge in [0, 0.05) is 12.6 Å². The van der Waals surface area contributed by atoms with Crippen LogP contribution in [0.25, 0.3) is 11.1 Å². The maximum Gasteiger partial charge on any atom is 0.419 e. The standard InChI is InChI=1S/C17H24N2O2/c1-3-10-19-14-9-8-13(11-15(14)21-17(19)20)16(18-4-2)12-6-5-7-12/h8-9,11-12,16,18H,3-7,10H2,1-2H3. The Morgan fingerprint density at radius 1 is 1.38 bits per heavy atom. The Balaban J connectivity index is 1.98. The predicted octanol–water partition coefficient (Wildman–Crippen LogP) is 3.46. The van der Waals surface area contributed by atoms with Crippen molar-refractivity contribution in [3.05, 3.63) is 34.3 Å². The summed E-state index contributed by atoms with van der Waals surface area (Å²) < 4.78 is 7.16. The molecule has 1 aromatic heterocycles. The van der Waals surface area contributed by atoms with Gasteiger partial charge in [0.25, 0.3) is 0 Å². The average molecular weight is 288 g/mol. The van der Waals surface area contributed by atoms with Crippen molar-refractivity contribution in [3.63, 3.8) is 0 Å². The molecule has 0 aliphatic heterocycles. The molecule has 1 atom stereocenters. The Hall–Kier alpha value is -1.55. The van der Waals surface area contributed by atoms with Crippen LogP contribution in [0.4, 0.5) is 0 Å². The van der Waals surface area contributed by atoms with Crippen molar-refractivity contribution in [1.82, 2.24) is 9.88 Å². The maximum atomic E-state index is 11.9. The first-order valence-electron chi connectivity index (χ1n) is 8.11. The van der Waals surface area contributed by atoms with Gasteiger partial charge in [-0.2, -0.15) is 0 Å². The van der Waals surface area contributed by atoms with Gasteiger partial charge < -0.3 is 9.73 Å². The minimum absolute atomic E-state index is 0.243. The fraction of sp³-hybridized carbons (Fsp3) is 0.588. The number of hydrogen-bond donors (Lipinski definition) is 1. The number of fused-ring (bicyclic) bond motifs is 1. The fourth-order valence-electron chi connectivity index (χ4n) is 3.26. The van der Waals surface area contributed by atoms with Crippen molar-refractivity contribution < 1.29 is 4.42 Å². The molecule has 1 fully saturated rings. The van der Waals surface area contributed by atoms with E-state index >= 15 is 0 Å². The molecule has 0 saturated heterocycles. The first-order chi connectivity index (χ1) is 10.2. The zero-order chi connectivity index (χ0) is 14.8. The Labute approximate surface area is 125 Å². The highest BCUT2D eigenvalue weighted by Crippen LogP contribution is 2.38. The summed E-state index contributed by atoms with van der Waals surface area (Å²) in [5.74, 6) is 0.472. The summed E-state index contributed by atoms with van der Waals surface area (Å²) >= 11 is 0. The van der Waals surface area contributed by atoms with E-state index < -0.39 is 0 Å². The highest BCUT2D eigenvalue weighted by atomic mass is 16.4. The molecular weight excluding hydrogens is 264 g/mol. The summed E-state index contributed by atoms with van der Waals surface area (Å²) in [6.45, 7) is 5.88. The SMILES string of the molecule is CCCn1c(=O)oc2cc(C(NCC)C3CCC3)ccc21. The number of nitrogens with zero attached hydrogens (tertiary/aromatic N) is 1. The fourth-order valence-corrected chi connectivity index (χ4v) is 3.26. The lowest BCUT2D eigenvalue weighted by molar-refractivity contribution is 0.233. The van der Waals surface area contributed by atoms with E-state index in [-0.39, 0.29) is 5.76 Å². The molecule has 0 bridgehead atoms. The van der Waals surface area contributed by atoms with E-state index in [4.69, 9.17) is 4.42 Å². The van der Waals surface area contributed by atoms with Crippen LogP contribution in [0, 0.1) is 5.92 Å². The molecule has 114 valence electrons. The minimum atomic E-state index is -0.243. The van der Waals surface area contributed by atoms with Crippen LogP contribution in [0.2, 0.25) is 0 Å². The second-order valence-electron chi connectivity index (χ2n) is 5.97. The first kappa shape index (κ1) is 14.4. The lowest BCUT2D eigenvalue weighted by Gasteiger charge is -2.34. The van der Waals surface area contributed by atoms with E-state index in [2.05, 4.69) is 31.3 Å². The van der Waals surface area contributed by atoms with Crippen LogP contribution >= 0.6 is 0 Å². The van der Waals surface area contributed by atoms with Gasteiger partial charge in [-0.1, -0.05) is 26.3 Å². The Morgan fingerprint density at radius 3 is 2.81 bits per heavy atom. The topological polar surface area (TPSA) is 47.2 Å². The smallest absolute Gasteiger partial charge is 0.408 e. The molecular formula is C17H24N2O2. The predicted molar refractivity (Wildman–Crippen MR) is 84.5 cm³/mol. The van der Waals surface area contributed by atoms with E-state index in [1.165, 1.54) is 24.8 Å². The average Bonchev–Trinajstić information content (AvgIpc) is 2.72. The van der Waals surface area contributed by atoms with E-state index in [1.807, 2.05) is 6.07 Å². The van der Waals surface area contributed by atoms with Gasteiger partial charge in [0.05, 0.1) is 5.52 Å². The van der Waals surface area contributed by atoms with Crippen LogP contribution in [-0.2, 0) is 6.54 Å². The molecule has 1 N–H and O–H groups in total. The normalized spacial score (nSPS) is 17.0. The van der Waals surface area contributed by atoms with E-state index in [0.717, 1.165) is 18.5 Å². The monoisotopic (exact) mass is 288 g/mol. The van der Waals surface area contributed by atoms with Crippen LogP contribution in [0.15, 0.2) is 27.4 Å². The highest BCUT2D eigenvalue weighted by molar-refractivity contribution is 5.74. The summed E-state index contributed by atoms with van der Waals surface area (Å²) in [4.78, 5) is 11.9. The molecule has 4 heteroatoms. The maximum absolute atomic E-state index is 11.9. The first-order valence-corrected chi connectivity index (χ1v) is 8.11.